The third-order valence-electron chi connectivity index (χ3n) is 6.54. The molecule has 0 spiro atoms. The van der Waals surface area contributed by atoms with Gasteiger partial charge in [-0.2, -0.15) is 0 Å². The SMILES string of the molecule is CC(=O)N[C@@H]1CCN(c2nccn3c(-c4ccc5c(c4)CC(=O)N5)c(-c4ccc(F)cc4)nc23)C1. The fourth-order valence-corrected chi connectivity index (χ4v) is 5.01. The fourth-order valence-electron chi connectivity index (χ4n) is 5.01. The van der Waals surface area contributed by atoms with Crippen LogP contribution in [0.3, 0.4) is 0 Å². The lowest BCUT2D eigenvalue weighted by Crippen LogP contribution is -2.35. The van der Waals surface area contributed by atoms with Gasteiger partial charge in [-0.3, -0.25) is 14.0 Å². The van der Waals surface area contributed by atoms with Gasteiger partial charge in [0, 0.05) is 55.3 Å². The molecule has 0 unspecified atom stereocenters. The van der Waals surface area contributed by atoms with Gasteiger partial charge in [-0.1, -0.05) is 6.07 Å². The number of halogens is 1. The zero-order valence-electron chi connectivity index (χ0n) is 19.1. The maximum atomic E-state index is 13.7. The fraction of sp³-hybridized carbons (Fsp3) is 0.231. The molecule has 4 heterocycles. The van der Waals surface area contributed by atoms with E-state index in [1.54, 1.807) is 18.3 Å². The highest BCUT2D eigenvalue weighted by molar-refractivity contribution is 6.00. The van der Waals surface area contributed by atoms with E-state index in [4.69, 9.17) is 4.98 Å². The minimum Gasteiger partial charge on any atom is -0.352 e. The van der Waals surface area contributed by atoms with E-state index in [0.29, 0.717) is 24.3 Å². The van der Waals surface area contributed by atoms with Crippen molar-refractivity contribution < 1.29 is 14.0 Å². The van der Waals surface area contributed by atoms with E-state index in [1.165, 1.54) is 19.1 Å². The van der Waals surface area contributed by atoms with Crippen LogP contribution in [-0.2, 0) is 16.0 Å². The first-order valence-electron chi connectivity index (χ1n) is 11.5. The number of imidazole rings is 1. The van der Waals surface area contributed by atoms with E-state index < -0.39 is 0 Å². The van der Waals surface area contributed by atoms with Crippen molar-refractivity contribution in [2.75, 3.05) is 23.3 Å². The minimum absolute atomic E-state index is 0.0247. The predicted molar refractivity (Wildman–Crippen MR) is 131 cm³/mol. The molecule has 2 aromatic heterocycles. The Kier molecular flexibility index (Phi) is 4.98. The van der Waals surface area contributed by atoms with Crippen molar-refractivity contribution in [3.63, 3.8) is 0 Å². The zero-order chi connectivity index (χ0) is 24.1. The third-order valence-corrected chi connectivity index (χ3v) is 6.54. The molecule has 0 radical (unpaired) electrons. The van der Waals surface area contributed by atoms with Crippen molar-refractivity contribution in [3.05, 3.63) is 66.2 Å². The molecule has 2 amide bonds. The minimum atomic E-state index is -0.315. The monoisotopic (exact) mass is 470 g/mol. The number of rotatable bonds is 4. The van der Waals surface area contributed by atoms with Gasteiger partial charge in [-0.05, 0) is 48.4 Å². The van der Waals surface area contributed by atoms with Crippen molar-refractivity contribution in [1.82, 2.24) is 19.7 Å². The highest BCUT2D eigenvalue weighted by Crippen LogP contribution is 2.37. The lowest BCUT2D eigenvalue weighted by molar-refractivity contribution is -0.119. The molecule has 1 atom stereocenters. The lowest BCUT2D eigenvalue weighted by Gasteiger charge is -2.18. The van der Waals surface area contributed by atoms with E-state index in [9.17, 15) is 14.0 Å². The van der Waals surface area contributed by atoms with Crippen molar-refractivity contribution in [2.24, 2.45) is 0 Å². The number of nitrogens with one attached hydrogen (secondary N) is 2. The number of hydrogen-bond acceptors (Lipinski definition) is 5. The molecule has 2 aliphatic heterocycles. The summed E-state index contributed by atoms with van der Waals surface area (Å²) in [5, 5.41) is 5.86. The molecule has 1 saturated heterocycles. The Labute approximate surface area is 200 Å². The standard InChI is InChI=1S/C26H23FN6O2/c1-15(34)29-20-8-10-32(14-20)25-26-31-23(16-2-5-19(27)6-3-16)24(33(26)11-9-28-25)17-4-7-21-18(12-17)13-22(35)30-21/h2-7,9,11-12,20H,8,10,13-14H2,1H3,(H,29,34)(H,30,35)/t20-/m1/s1. The number of hydrogen-bond donors (Lipinski definition) is 2. The average molecular weight is 471 g/mol. The first-order valence-corrected chi connectivity index (χ1v) is 11.5. The van der Waals surface area contributed by atoms with Crippen molar-refractivity contribution in [3.8, 4) is 22.5 Å². The summed E-state index contributed by atoms with van der Waals surface area (Å²) in [5.41, 5.74) is 5.66. The Balaban J connectivity index is 1.51. The normalized spacial score (nSPS) is 17.0. The van der Waals surface area contributed by atoms with E-state index in [1.807, 2.05) is 28.8 Å². The van der Waals surface area contributed by atoms with Gasteiger partial charge in [0.1, 0.15) is 5.82 Å². The van der Waals surface area contributed by atoms with Crippen LogP contribution < -0.4 is 15.5 Å². The molecule has 8 nitrogen and oxygen atoms in total. The molecule has 2 N–H and O–H groups in total. The van der Waals surface area contributed by atoms with Crippen LogP contribution in [0.2, 0.25) is 0 Å². The molecular formula is C26H23FN6O2. The second-order valence-electron chi connectivity index (χ2n) is 8.99. The van der Waals surface area contributed by atoms with Gasteiger partial charge in [0.2, 0.25) is 11.8 Å². The van der Waals surface area contributed by atoms with Gasteiger partial charge in [0.25, 0.3) is 0 Å². The van der Waals surface area contributed by atoms with Crippen molar-refractivity contribution >= 4 is 29.0 Å². The molecule has 1 fully saturated rings. The smallest absolute Gasteiger partial charge is 0.228 e. The topological polar surface area (TPSA) is 91.6 Å². The van der Waals surface area contributed by atoms with Crippen LogP contribution in [0.15, 0.2) is 54.9 Å². The molecule has 2 aromatic carbocycles. The summed E-state index contributed by atoms with van der Waals surface area (Å²) in [5.74, 6) is 0.343. The van der Waals surface area contributed by atoms with Gasteiger partial charge in [-0.25, -0.2) is 14.4 Å². The Morgan fingerprint density at radius 1 is 1.17 bits per heavy atom. The highest BCUT2D eigenvalue weighted by Gasteiger charge is 2.28. The molecule has 9 heteroatoms. The molecule has 6 rings (SSSR count). The van der Waals surface area contributed by atoms with E-state index in [2.05, 4.69) is 20.5 Å². The highest BCUT2D eigenvalue weighted by atomic mass is 19.1. The first-order chi connectivity index (χ1) is 17.0. The second-order valence-corrected chi connectivity index (χ2v) is 8.99. The van der Waals surface area contributed by atoms with Gasteiger partial charge in [0.05, 0.1) is 17.8 Å². The summed E-state index contributed by atoms with van der Waals surface area (Å²) in [6.07, 6.45) is 4.77. The van der Waals surface area contributed by atoms with E-state index in [-0.39, 0.29) is 23.7 Å². The number of nitrogens with zero attached hydrogens (tertiary/aromatic N) is 4. The molecule has 2 aliphatic rings. The molecule has 0 bridgehead atoms. The second kappa shape index (κ2) is 8.19. The van der Waals surface area contributed by atoms with Crippen LogP contribution in [0.4, 0.5) is 15.9 Å². The summed E-state index contributed by atoms with van der Waals surface area (Å²) in [7, 11) is 0. The Morgan fingerprint density at radius 3 is 2.77 bits per heavy atom. The maximum Gasteiger partial charge on any atom is 0.228 e. The van der Waals surface area contributed by atoms with Crippen LogP contribution in [0.1, 0.15) is 18.9 Å². The molecule has 0 aliphatic carbocycles. The third kappa shape index (κ3) is 3.78. The number of anilines is 2. The predicted octanol–water partition coefficient (Wildman–Crippen LogP) is 3.41. The summed E-state index contributed by atoms with van der Waals surface area (Å²) in [6.45, 7) is 2.92. The van der Waals surface area contributed by atoms with Gasteiger partial charge in [-0.15, -0.1) is 0 Å². The summed E-state index contributed by atoms with van der Waals surface area (Å²) < 4.78 is 15.7. The Morgan fingerprint density at radius 2 is 1.97 bits per heavy atom. The van der Waals surface area contributed by atoms with Gasteiger partial charge in [0.15, 0.2) is 11.5 Å². The van der Waals surface area contributed by atoms with Crippen LogP contribution in [0, 0.1) is 5.82 Å². The summed E-state index contributed by atoms with van der Waals surface area (Å²) in [4.78, 5) is 35.2. The maximum absolute atomic E-state index is 13.7. The first kappa shape index (κ1) is 21.3. The summed E-state index contributed by atoms with van der Waals surface area (Å²) in [6, 6.07) is 12.2. The molecule has 4 aromatic rings. The quantitative estimate of drug-likeness (QED) is 0.477. The largest absolute Gasteiger partial charge is 0.352 e. The number of aromatic nitrogens is 3. The number of fused-ring (bicyclic) bond motifs is 2. The van der Waals surface area contributed by atoms with E-state index in [0.717, 1.165) is 46.9 Å². The van der Waals surface area contributed by atoms with Crippen molar-refractivity contribution in [1.29, 1.82) is 0 Å². The number of carbonyl (C=O) groups is 2. The zero-order valence-corrected chi connectivity index (χ0v) is 19.1. The van der Waals surface area contributed by atoms with Gasteiger partial charge < -0.3 is 15.5 Å². The Bertz CT molecular complexity index is 1480. The average Bonchev–Trinajstić information content (AvgIpc) is 3.54. The molecule has 35 heavy (non-hydrogen) atoms. The lowest BCUT2D eigenvalue weighted by atomic mass is 10.0. The molecule has 176 valence electrons. The molecule has 0 saturated carbocycles. The van der Waals surface area contributed by atoms with Crippen LogP contribution in [0.25, 0.3) is 28.2 Å². The van der Waals surface area contributed by atoms with E-state index >= 15 is 0 Å². The van der Waals surface area contributed by atoms with Crippen molar-refractivity contribution in [2.45, 2.75) is 25.8 Å². The van der Waals surface area contributed by atoms with Crippen LogP contribution in [0.5, 0.6) is 0 Å². The summed E-state index contributed by atoms with van der Waals surface area (Å²) >= 11 is 0. The van der Waals surface area contributed by atoms with Gasteiger partial charge >= 0.3 is 0 Å². The molecular weight excluding hydrogens is 447 g/mol. The Hall–Kier alpha value is -4.27. The van der Waals surface area contributed by atoms with Crippen LogP contribution in [-0.4, -0.2) is 45.3 Å². The number of amides is 2. The number of carbonyl (C=O) groups excluding carboxylic acids is 2. The number of benzene rings is 2. The van der Waals surface area contributed by atoms with Crippen LogP contribution >= 0.6 is 0 Å².